The summed E-state index contributed by atoms with van der Waals surface area (Å²) in [4.78, 5) is 29.2. The van der Waals surface area contributed by atoms with Crippen molar-refractivity contribution in [1.29, 1.82) is 0 Å². The number of carbonyl (C=O) groups excluding carboxylic acids is 1. The van der Waals surface area contributed by atoms with Gasteiger partial charge in [-0.25, -0.2) is 9.97 Å². The molecule has 2 aromatic heterocycles. The lowest BCUT2D eigenvalue weighted by Crippen LogP contribution is -2.61. The number of imidazole rings is 1. The first-order chi connectivity index (χ1) is 16.0. The highest BCUT2D eigenvalue weighted by Gasteiger charge is 2.54. The third-order valence-electron chi connectivity index (χ3n) is 7.34. The van der Waals surface area contributed by atoms with Crippen molar-refractivity contribution in [2.24, 2.45) is 23.5 Å². The van der Waals surface area contributed by atoms with Crippen LogP contribution in [-0.2, 0) is 4.79 Å². The summed E-state index contributed by atoms with van der Waals surface area (Å²) in [5.74, 6) is 0.738. The third kappa shape index (κ3) is 3.36. The molecule has 3 aromatic rings. The number of carbonyl (C=O) groups is 1. The number of pyridine rings is 1. The maximum absolute atomic E-state index is 11.9. The van der Waals surface area contributed by atoms with E-state index in [-0.39, 0.29) is 23.8 Å². The van der Waals surface area contributed by atoms with Crippen molar-refractivity contribution in [3.05, 3.63) is 47.6 Å². The van der Waals surface area contributed by atoms with E-state index in [0.717, 1.165) is 43.1 Å². The van der Waals surface area contributed by atoms with E-state index in [1.54, 1.807) is 6.20 Å². The highest BCUT2D eigenvalue weighted by atomic mass is 35.5. The first kappa shape index (κ1) is 20.5. The maximum atomic E-state index is 11.9. The van der Waals surface area contributed by atoms with Crippen molar-refractivity contribution < 1.29 is 4.79 Å². The molecule has 4 atom stereocenters. The molecular weight excluding hydrogens is 438 g/mol. The summed E-state index contributed by atoms with van der Waals surface area (Å²) in [5.41, 5.74) is 9.87. The van der Waals surface area contributed by atoms with Gasteiger partial charge in [0, 0.05) is 49.4 Å². The fourth-order valence-corrected chi connectivity index (χ4v) is 5.44. The van der Waals surface area contributed by atoms with Gasteiger partial charge >= 0.3 is 0 Å². The zero-order valence-electron chi connectivity index (χ0n) is 18.3. The van der Waals surface area contributed by atoms with E-state index in [9.17, 15) is 4.79 Å². The Labute approximate surface area is 196 Å². The van der Waals surface area contributed by atoms with Crippen LogP contribution in [0.2, 0.25) is 5.02 Å². The molecule has 170 valence electrons. The van der Waals surface area contributed by atoms with Crippen molar-refractivity contribution in [1.82, 2.24) is 19.9 Å². The maximum Gasteiger partial charge on any atom is 0.223 e. The van der Waals surface area contributed by atoms with E-state index in [4.69, 9.17) is 22.3 Å². The molecular formula is C24H26ClN7O. The number of halogens is 1. The van der Waals surface area contributed by atoms with E-state index >= 15 is 0 Å². The average Bonchev–Trinajstić information content (AvgIpc) is 3.23. The van der Waals surface area contributed by atoms with Crippen LogP contribution in [0.4, 0.5) is 11.4 Å². The Morgan fingerprint density at radius 2 is 1.88 bits per heavy atom. The smallest absolute Gasteiger partial charge is 0.223 e. The van der Waals surface area contributed by atoms with E-state index in [0.29, 0.717) is 22.3 Å². The Kier molecular flexibility index (Phi) is 4.81. The molecule has 2 fully saturated rings. The largest absolute Gasteiger partial charge is 0.378 e. The summed E-state index contributed by atoms with van der Waals surface area (Å²) in [5, 5.41) is 3.95. The number of benzene rings is 1. The lowest BCUT2D eigenvalue weighted by atomic mass is 9.54. The van der Waals surface area contributed by atoms with E-state index in [2.05, 4.69) is 68.5 Å². The van der Waals surface area contributed by atoms with Crippen LogP contribution < -0.4 is 16.0 Å². The minimum absolute atomic E-state index is 0.0739. The first-order valence-electron chi connectivity index (χ1n) is 11.3. The summed E-state index contributed by atoms with van der Waals surface area (Å²) in [7, 11) is 2.16. The summed E-state index contributed by atoms with van der Waals surface area (Å²) >= 11 is 6.51. The fraction of sp³-hybridized carbons (Fsp3) is 0.375. The van der Waals surface area contributed by atoms with Crippen LogP contribution >= 0.6 is 11.6 Å². The van der Waals surface area contributed by atoms with Crippen LogP contribution in [0.3, 0.4) is 0 Å². The molecule has 1 saturated carbocycles. The van der Waals surface area contributed by atoms with Crippen LogP contribution in [0.1, 0.15) is 0 Å². The number of rotatable bonds is 5. The number of likely N-dealkylation sites (N-methyl/N-ethyl adjacent to an activating group) is 1. The molecule has 1 aromatic carbocycles. The molecule has 0 radical (unpaired) electrons. The number of H-pyrrole nitrogens is 1. The number of nitrogens with zero attached hydrogens (tertiary/aromatic N) is 4. The van der Waals surface area contributed by atoms with Crippen LogP contribution in [0.15, 0.2) is 42.6 Å². The predicted molar refractivity (Wildman–Crippen MR) is 130 cm³/mol. The molecule has 2 aliphatic carbocycles. The highest BCUT2D eigenvalue weighted by molar-refractivity contribution is 6.34. The van der Waals surface area contributed by atoms with Gasteiger partial charge in [0.1, 0.15) is 11.3 Å². The summed E-state index contributed by atoms with van der Waals surface area (Å²) in [6.07, 6.45) is 5.77. The molecule has 4 N–H and O–H groups in total. The zero-order chi connectivity index (χ0) is 22.7. The Hall–Kier alpha value is -3.10. The molecule has 1 unspecified atom stereocenters. The Morgan fingerprint density at radius 1 is 1.15 bits per heavy atom. The predicted octanol–water partition coefficient (Wildman–Crippen LogP) is 2.73. The first-order valence-corrected chi connectivity index (χ1v) is 11.7. The number of amides is 1. The van der Waals surface area contributed by atoms with Crippen molar-refractivity contribution in [3.8, 4) is 11.4 Å². The van der Waals surface area contributed by atoms with Crippen molar-refractivity contribution in [3.63, 3.8) is 0 Å². The summed E-state index contributed by atoms with van der Waals surface area (Å²) in [6.45, 7) is 4.20. The topological polar surface area (TPSA) is 103 Å². The third-order valence-corrected chi connectivity index (χ3v) is 7.63. The Morgan fingerprint density at radius 3 is 2.55 bits per heavy atom. The number of piperazine rings is 1. The molecule has 1 saturated heterocycles. The number of nitrogens with two attached hydrogens (primary N) is 1. The monoisotopic (exact) mass is 463 g/mol. The molecule has 6 rings (SSSR count). The van der Waals surface area contributed by atoms with Gasteiger partial charge in [-0.1, -0.05) is 23.8 Å². The number of nitrogens with one attached hydrogen (secondary N) is 2. The Balaban J connectivity index is 1.28. The number of aromatic amines is 1. The van der Waals surface area contributed by atoms with Crippen LogP contribution in [0.25, 0.3) is 22.6 Å². The van der Waals surface area contributed by atoms with Gasteiger partial charge in [0.2, 0.25) is 5.91 Å². The number of anilines is 2. The lowest BCUT2D eigenvalue weighted by molar-refractivity contribution is -0.129. The van der Waals surface area contributed by atoms with Crippen LogP contribution in [0, 0.1) is 17.8 Å². The van der Waals surface area contributed by atoms with E-state index in [1.165, 1.54) is 5.69 Å². The van der Waals surface area contributed by atoms with Gasteiger partial charge in [-0.2, -0.15) is 0 Å². The normalized spacial score (nSPS) is 26.5. The number of hydrogen-bond acceptors (Lipinski definition) is 6. The second-order valence-electron chi connectivity index (χ2n) is 9.24. The lowest BCUT2D eigenvalue weighted by Gasteiger charge is -2.53. The van der Waals surface area contributed by atoms with Crippen LogP contribution in [0.5, 0.6) is 0 Å². The van der Waals surface area contributed by atoms with Crippen LogP contribution in [-0.4, -0.2) is 65.0 Å². The number of aromatic nitrogens is 3. The standard InChI is InChI=1S/C24H26ClN7O/c1-31-8-10-32(11-9-31)14-4-2-13(3-5-14)23-29-21-20(17(25)12-27-24(21)30-23)28-19-16-7-6-15(16)18(19)22(26)33/h2-7,12,15-16,18-19H,8-11H2,1H3,(H2,26,33)(H2,27,28,29,30)/t15?,16-,18-,19+/m0/s1. The van der Waals surface area contributed by atoms with E-state index < -0.39 is 0 Å². The second-order valence-corrected chi connectivity index (χ2v) is 9.65. The van der Waals surface area contributed by atoms with Gasteiger partial charge in [-0.3, -0.25) is 4.79 Å². The summed E-state index contributed by atoms with van der Waals surface area (Å²) < 4.78 is 0. The average molecular weight is 464 g/mol. The number of fused-ring (bicyclic) bond motifs is 2. The molecule has 1 amide bonds. The van der Waals surface area contributed by atoms with Gasteiger partial charge in [-0.15, -0.1) is 0 Å². The van der Waals surface area contributed by atoms with Gasteiger partial charge in [-0.05, 0) is 37.2 Å². The van der Waals surface area contributed by atoms with Crippen molar-refractivity contribution in [2.75, 3.05) is 43.4 Å². The molecule has 0 spiro atoms. The Bertz CT molecular complexity index is 1250. The van der Waals surface area contributed by atoms with Crippen molar-refractivity contribution in [2.45, 2.75) is 6.04 Å². The van der Waals surface area contributed by atoms with Gasteiger partial charge in [0.15, 0.2) is 5.65 Å². The summed E-state index contributed by atoms with van der Waals surface area (Å²) in [6, 6.07) is 8.37. The SMILES string of the molecule is CN1CCN(c2ccc(-c3nc4ncc(Cl)c(N[C@@H]5[C@H]6C=CC6[C@@H]5C(N)=O)c4[nH]3)cc2)CC1. The molecule has 9 heteroatoms. The molecule has 8 nitrogen and oxygen atoms in total. The number of allylic oxidation sites excluding steroid dienone is 1. The van der Waals surface area contributed by atoms with Gasteiger partial charge in [0.05, 0.1) is 22.8 Å². The zero-order valence-corrected chi connectivity index (χ0v) is 19.1. The fourth-order valence-electron chi connectivity index (χ4n) is 5.24. The molecule has 3 heterocycles. The minimum Gasteiger partial charge on any atom is -0.378 e. The van der Waals surface area contributed by atoms with E-state index in [1.807, 2.05) is 0 Å². The minimum atomic E-state index is -0.287. The van der Waals surface area contributed by atoms with Crippen molar-refractivity contribution >= 4 is 40.0 Å². The highest BCUT2D eigenvalue weighted by Crippen LogP contribution is 2.50. The molecule has 3 aliphatic rings. The van der Waals surface area contributed by atoms with Gasteiger partial charge < -0.3 is 25.8 Å². The number of hydrogen-bond donors (Lipinski definition) is 3. The second kappa shape index (κ2) is 7.74. The number of primary amides is 1. The molecule has 1 aliphatic heterocycles. The molecule has 33 heavy (non-hydrogen) atoms. The molecule has 0 bridgehead atoms. The quantitative estimate of drug-likeness (QED) is 0.503. The van der Waals surface area contributed by atoms with Gasteiger partial charge in [0.25, 0.3) is 0 Å².